The van der Waals surface area contributed by atoms with E-state index in [2.05, 4.69) is 29.8 Å². The molecule has 0 atom stereocenters. The molecule has 1 aliphatic rings. The smallest absolute Gasteiger partial charge is 0.254 e. The Labute approximate surface area is 117 Å². The lowest BCUT2D eigenvalue weighted by molar-refractivity contribution is 0.0696. The van der Waals surface area contributed by atoms with Crippen molar-refractivity contribution in [3.63, 3.8) is 0 Å². The standard InChI is InChI=1S/C15H20BrNO/c1-10(2)17(9-12-4-5-12)15(18)13-6-7-14(16)11(3)8-13/h6-8,10,12H,4-5,9H2,1-3H3. The van der Waals surface area contributed by atoms with Gasteiger partial charge in [-0.05, 0) is 63.3 Å². The summed E-state index contributed by atoms with van der Waals surface area (Å²) in [6, 6.07) is 6.09. The van der Waals surface area contributed by atoms with Crippen LogP contribution in [0.3, 0.4) is 0 Å². The molecule has 0 spiro atoms. The Hall–Kier alpha value is -0.830. The highest BCUT2D eigenvalue weighted by Gasteiger charge is 2.28. The number of rotatable bonds is 4. The minimum Gasteiger partial charge on any atom is -0.336 e. The fourth-order valence-corrected chi connectivity index (χ4v) is 2.30. The first kappa shape index (κ1) is 13.6. The summed E-state index contributed by atoms with van der Waals surface area (Å²) in [7, 11) is 0. The summed E-state index contributed by atoms with van der Waals surface area (Å²) >= 11 is 3.47. The molecule has 1 saturated carbocycles. The van der Waals surface area contributed by atoms with Gasteiger partial charge in [-0.2, -0.15) is 0 Å². The highest BCUT2D eigenvalue weighted by Crippen LogP contribution is 2.31. The van der Waals surface area contributed by atoms with Crippen LogP contribution in [0.25, 0.3) is 0 Å². The Morgan fingerprint density at radius 3 is 2.61 bits per heavy atom. The molecule has 1 aromatic carbocycles. The molecular formula is C15H20BrNO. The van der Waals surface area contributed by atoms with Gasteiger partial charge in [0.25, 0.3) is 5.91 Å². The van der Waals surface area contributed by atoms with Crippen molar-refractivity contribution in [3.05, 3.63) is 33.8 Å². The van der Waals surface area contributed by atoms with Gasteiger partial charge in [0.2, 0.25) is 0 Å². The van der Waals surface area contributed by atoms with Crippen LogP contribution in [0.2, 0.25) is 0 Å². The third-order valence-corrected chi connectivity index (χ3v) is 4.33. The van der Waals surface area contributed by atoms with Crippen LogP contribution >= 0.6 is 15.9 Å². The number of nitrogens with zero attached hydrogens (tertiary/aromatic N) is 1. The number of aryl methyl sites for hydroxylation is 1. The topological polar surface area (TPSA) is 20.3 Å². The summed E-state index contributed by atoms with van der Waals surface area (Å²) in [4.78, 5) is 14.5. The zero-order valence-corrected chi connectivity index (χ0v) is 12.8. The van der Waals surface area contributed by atoms with E-state index in [0.29, 0.717) is 0 Å². The highest BCUT2D eigenvalue weighted by atomic mass is 79.9. The lowest BCUT2D eigenvalue weighted by Gasteiger charge is -2.27. The maximum Gasteiger partial charge on any atom is 0.254 e. The summed E-state index contributed by atoms with van der Waals surface area (Å²) in [6.07, 6.45) is 2.55. The molecule has 0 bridgehead atoms. The number of benzene rings is 1. The second-order valence-electron chi connectivity index (χ2n) is 5.46. The van der Waals surface area contributed by atoms with Crippen LogP contribution in [0.1, 0.15) is 42.6 Å². The fraction of sp³-hybridized carbons (Fsp3) is 0.533. The number of hydrogen-bond acceptors (Lipinski definition) is 1. The largest absolute Gasteiger partial charge is 0.336 e. The third kappa shape index (κ3) is 3.14. The molecule has 0 saturated heterocycles. The van der Waals surface area contributed by atoms with Crippen molar-refractivity contribution in [2.45, 2.75) is 39.7 Å². The second-order valence-corrected chi connectivity index (χ2v) is 6.31. The van der Waals surface area contributed by atoms with Crippen molar-refractivity contribution < 1.29 is 4.79 Å². The normalized spacial score (nSPS) is 14.9. The zero-order valence-electron chi connectivity index (χ0n) is 11.2. The molecule has 2 rings (SSSR count). The summed E-state index contributed by atoms with van der Waals surface area (Å²) < 4.78 is 1.05. The summed E-state index contributed by atoms with van der Waals surface area (Å²) in [6.45, 7) is 7.10. The molecule has 1 amide bonds. The predicted octanol–water partition coefficient (Wildman–Crippen LogP) is 4.02. The summed E-state index contributed by atoms with van der Waals surface area (Å²) in [5.74, 6) is 0.889. The lowest BCUT2D eigenvalue weighted by Crippen LogP contribution is -2.38. The van der Waals surface area contributed by atoms with E-state index in [1.807, 2.05) is 30.0 Å². The number of amides is 1. The average Bonchev–Trinajstić information content (AvgIpc) is 3.12. The van der Waals surface area contributed by atoms with E-state index in [4.69, 9.17) is 0 Å². The van der Waals surface area contributed by atoms with E-state index in [1.165, 1.54) is 12.8 Å². The Balaban J connectivity index is 2.18. The fourth-order valence-electron chi connectivity index (χ4n) is 2.05. The molecule has 0 aliphatic heterocycles. The van der Waals surface area contributed by atoms with Gasteiger partial charge in [0, 0.05) is 22.6 Å². The molecular weight excluding hydrogens is 290 g/mol. The predicted molar refractivity (Wildman–Crippen MR) is 77.8 cm³/mol. The third-order valence-electron chi connectivity index (χ3n) is 3.44. The Morgan fingerprint density at radius 1 is 1.44 bits per heavy atom. The van der Waals surface area contributed by atoms with Gasteiger partial charge in [0.15, 0.2) is 0 Å². The molecule has 1 aliphatic carbocycles. The van der Waals surface area contributed by atoms with Crippen LogP contribution in [0, 0.1) is 12.8 Å². The van der Waals surface area contributed by atoms with Crippen molar-refractivity contribution in [1.82, 2.24) is 4.90 Å². The first-order valence-electron chi connectivity index (χ1n) is 6.56. The molecule has 98 valence electrons. The molecule has 0 aromatic heterocycles. The molecule has 0 heterocycles. The van der Waals surface area contributed by atoms with Gasteiger partial charge in [0.1, 0.15) is 0 Å². The van der Waals surface area contributed by atoms with E-state index < -0.39 is 0 Å². The minimum atomic E-state index is 0.160. The highest BCUT2D eigenvalue weighted by molar-refractivity contribution is 9.10. The first-order chi connectivity index (χ1) is 8.49. The maximum absolute atomic E-state index is 12.5. The minimum absolute atomic E-state index is 0.160. The Morgan fingerprint density at radius 2 is 2.11 bits per heavy atom. The lowest BCUT2D eigenvalue weighted by atomic mass is 10.1. The van der Waals surface area contributed by atoms with Gasteiger partial charge in [0.05, 0.1) is 0 Å². The van der Waals surface area contributed by atoms with E-state index in [-0.39, 0.29) is 11.9 Å². The van der Waals surface area contributed by atoms with Crippen molar-refractivity contribution in [1.29, 1.82) is 0 Å². The number of carbonyl (C=O) groups excluding carboxylic acids is 1. The first-order valence-corrected chi connectivity index (χ1v) is 7.35. The van der Waals surface area contributed by atoms with Crippen molar-refractivity contribution in [2.75, 3.05) is 6.54 Å². The Kier molecular flexibility index (Phi) is 4.10. The molecule has 2 nitrogen and oxygen atoms in total. The van der Waals surface area contributed by atoms with Crippen LogP contribution in [-0.4, -0.2) is 23.4 Å². The molecule has 0 unspecified atom stereocenters. The Bertz CT molecular complexity index is 452. The van der Waals surface area contributed by atoms with Crippen LogP contribution in [-0.2, 0) is 0 Å². The molecule has 1 aromatic rings. The molecule has 0 radical (unpaired) electrons. The number of hydrogen-bond donors (Lipinski definition) is 0. The zero-order chi connectivity index (χ0) is 13.3. The van der Waals surface area contributed by atoms with Gasteiger partial charge in [-0.1, -0.05) is 15.9 Å². The van der Waals surface area contributed by atoms with Crippen molar-refractivity contribution >= 4 is 21.8 Å². The molecule has 18 heavy (non-hydrogen) atoms. The SMILES string of the molecule is Cc1cc(C(=O)N(CC2CC2)C(C)C)ccc1Br. The summed E-state index contributed by atoms with van der Waals surface area (Å²) in [5.41, 5.74) is 1.90. The van der Waals surface area contributed by atoms with Crippen LogP contribution in [0.15, 0.2) is 22.7 Å². The van der Waals surface area contributed by atoms with Gasteiger partial charge >= 0.3 is 0 Å². The van der Waals surface area contributed by atoms with E-state index in [0.717, 1.165) is 28.1 Å². The van der Waals surface area contributed by atoms with Gasteiger partial charge in [-0.25, -0.2) is 0 Å². The van der Waals surface area contributed by atoms with E-state index in [1.54, 1.807) is 0 Å². The quantitative estimate of drug-likeness (QED) is 0.822. The number of carbonyl (C=O) groups is 1. The van der Waals surface area contributed by atoms with Crippen molar-refractivity contribution in [2.24, 2.45) is 5.92 Å². The van der Waals surface area contributed by atoms with Gasteiger partial charge in [-0.15, -0.1) is 0 Å². The van der Waals surface area contributed by atoms with Gasteiger partial charge in [-0.3, -0.25) is 4.79 Å². The van der Waals surface area contributed by atoms with Crippen LogP contribution in [0.4, 0.5) is 0 Å². The number of halogens is 1. The molecule has 3 heteroatoms. The summed E-state index contributed by atoms with van der Waals surface area (Å²) in [5, 5.41) is 0. The molecule has 1 fully saturated rings. The van der Waals surface area contributed by atoms with E-state index >= 15 is 0 Å². The van der Waals surface area contributed by atoms with E-state index in [9.17, 15) is 4.79 Å². The second kappa shape index (κ2) is 5.43. The monoisotopic (exact) mass is 309 g/mol. The maximum atomic E-state index is 12.5. The average molecular weight is 310 g/mol. The van der Waals surface area contributed by atoms with Crippen LogP contribution in [0.5, 0.6) is 0 Å². The van der Waals surface area contributed by atoms with Crippen LogP contribution < -0.4 is 0 Å². The van der Waals surface area contributed by atoms with Gasteiger partial charge < -0.3 is 4.90 Å². The molecule has 0 N–H and O–H groups in total. The van der Waals surface area contributed by atoms with Crippen molar-refractivity contribution in [3.8, 4) is 0 Å².